The summed E-state index contributed by atoms with van der Waals surface area (Å²) in [6, 6.07) is 4.78. The van der Waals surface area contributed by atoms with Gasteiger partial charge in [-0.1, -0.05) is 18.5 Å². The first-order chi connectivity index (χ1) is 22.0. The first kappa shape index (κ1) is 35.9. The van der Waals surface area contributed by atoms with Gasteiger partial charge in [0.2, 0.25) is 5.28 Å². The number of piperidine rings is 1. The van der Waals surface area contributed by atoms with Crippen LogP contribution in [0.5, 0.6) is 11.5 Å². The fraction of sp³-hybridized carbons (Fsp3) is 0.516. The Kier molecular flexibility index (Phi) is 11.1. The van der Waals surface area contributed by atoms with Crippen LogP contribution in [0.2, 0.25) is 10.3 Å². The summed E-state index contributed by atoms with van der Waals surface area (Å²) in [6.07, 6.45) is 1.00. The molecule has 12 nitrogen and oxygen atoms in total. The van der Waals surface area contributed by atoms with Crippen LogP contribution in [0.1, 0.15) is 40.5 Å². The number of benzene rings is 1. The fourth-order valence-corrected chi connectivity index (χ4v) is 5.50. The highest BCUT2D eigenvalue weighted by atomic mass is 35.5. The summed E-state index contributed by atoms with van der Waals surface area (Å²) in [4.78, 5) is 46.9. The zero-order chi connectivity index (χ0) is 34.7. The quantitative estimate of drug-likeness (QED) is 0.199. The van der Waals surface area contributed by atoms with Gasteiger partial charge >= 0.3 is 6.09 Å². The number of anilines is 2. The number of ether oxygens (including phenoxy) is 3. The van der Waals surface area contributed by atoms with E-state index in [1.54, 1.807) is 32.9 Å². The Morgan fingerprint density at radius 1 is 1.13 bits per heavy atom. The average molecular weight is 700 g/mol. The number of rotatable bonds is 10. The Bertz CT molecular complexity index is 1700. The summed E-state index contributed by atoms with van der Waals surface area (Å²) in [5.74, 6) is -5.19. The van der Waals surface area contributed by atoms with E-state index in [9.17, 15) is 14.4 Å². The second kappa shape index (κ2) is 14.5. The fourth-order valence-electron chi connectivity index (χ4n) is 5.23. The van der Waals surface area contributed by atoms with Crippen LogP contribution in [-0.2, 0) is 16.6 Å². The van der Waals surface area contributed by atoms with Crippen LogP contribution in [0.3, 0.4) is 0 Å². The highest BCUT2D eigenvalue weighted by molar-refractivity contribution is 6.33. The number of fused-ring (bicyclic) bond motifs is 1. The SMILES string of the molecule is CNC(=O)COc1cc2cc(Nc3nc(Cl)ncc3Cl)cc(OCCC[C@H]3CN(C(=O)OC(C)(C)C)C[C@@H](C)C3(F)F)c2n(C)c1=O. The number of hydrogen-bond donors (Lipinski definition) is 2. The molecule has 256 valence electrons. The Labute approximate surface area is 280 Å². The molecule has 16 heteroatoms. The second-order valence-corrected chi connectivity index (χ2v) is 13.1. The number of nitrogens with zero attached hydrogens (tertiary/aromatic N) is 4. The van der Waals surface area contributed by atoms with Gasteiger partial charge in [-0.05, 0) is 57.3 Å². The van der Waals surface area contributed by atoms with Gasteiger partial charge in [0, 0.05) is 56.2 Å². The second-order valence-electron chi connectivity index (χ2n) is 12.4. The number of likely N-dealkylation sites (N-methyl/N-ethyl adjacent to an activating group) is 1. The molecular formula is C31H38Cl2F2N6O6. The minimum atomic E-state index is -3.00. The van der Waals surface area contributed by atoms with E-state index in [1.807, 2.05) is 0 Å². The van der Waals surface area contributed by atoms with Gasteiger partial charge in [0.05, 0.1) is 18.3 Å². The Hall–Kier alpha value is -3.91. The third-order valence-corrected chi connectivity index (χ3v) is 8.06. The summed E-state index contributed by atoms with van der Waals surface area (Å²) in [7, 11) is 2.97. The smallest absolute Gasteiger partial charge is 0.410 e. The summed E-state index contributed by atoms with van der Waals surface area (Å²) in [5.41, 5.74) is -0.429. The first-order valence-electron chi connectivity index (χ1n) is 14.9. The highest BCUT2D eigenvalue weighted by Crippen LogP contribution is 2.41. The lowest BCUT2D eigenvalue weighted by molar-refractivity contribution is -0.145. The minimum Gasteiger partial charge on any atom is -0.491 e. The average Bonchev–Trinajstić information content (AvgIpc) is 2.98. The molecule has 2 aromatic heterocycles. The number of pyridine rings is 1. The van der Waals surface area contributed by atoms with E-state index in [1.165, 1.54) is 42.7 Å². The zero-order valence-corrected chi connectivity index (χ0v) is 28.5. The van der Waals surface area contributed by atoms with Gasteiger partial charge in [-0.15, -0.1) is 0 Å². The number of nitrogens with one attached hydrogen (secondary N) is 2. The van der Waals surface area contributed by atoms with Gasteiger partial charge < -0.3 is 34.3 Å². The molecule has 2 amide bonds. The molecule has 1 aliphatic heterocycles. The molecule has 0 radical (unpaired) electrons. The Balaban J connectivity index is 1.59. The van der Waals surface area contributed by atoms with Gasteiger partial charge in [-0.3, -0.25) is 9.59 Å². The van der Waals surface area contributed by atoms with Gasteiger partial charge in [-0.25, -0.2) is 18.6 Å². The molecule has 2 atom stereocenters. The molecule has 2 N–H and O–H groups in total. The molecule has 3 heterocycles. The van der Waals surface area contributed by atoms with E-state index in [0.717, 1.165) is 0 Å². The number of aromatic nitrogens is 3. The maximum atomic E-state index is 15.3. The molecule has 1 saturated heterocycles. The van der Waals surface area contributed by atoms with Crippen molar-refractivity contribution in [2.24, 2.45) is 18.9 Å². The number of aryl methyl sites for hydroxylation is 1. The predicted molar refractivity (Wildman–Crippen MR) is 174 cm³/mol. The van der Waals surface area contributed by atoms with Crippen molar-refractivity contribution in [2.75, 3.05) is 38.7 Å². The van der Waals surface area contributed by atoms with Crippen LogP contribution >= 0.6 is 23.2 Å². The maximum Gasteiger partial charge on any atom is 0.410 e. The lowest BCUT2D eigenvalue weighted by Crippen LogP contribution is -2.55. The number of amides is 2. The van der Waals surface area contributed by atoms with E-state index in [4.69, 9.17) is 37.4 Å². The standard InChI is InChI=1S/C31H38Cl2F2N6O6/c1-17-14-41(29(44)47-30(2,3)4)15-19(31(17,34)35)8-7-9-45-22-12-20(38-26-21(32)13-37-28(33)39-26)10-18-11-23(46-16-24(42)36-5)27(43)40(6)25(18)22/h10-13,17,19H,7-9,14-16H2,1-6H3,(H,36,42)(H,37,38,39)/t17-,19+/m1/s1. The highest BCUT2D eigenvalue weighted by Gasteiger charge is 2.50. The topological polar surface area (TPSA) is 137 Å². The van der Waals surface area contributed by atoms with Crippen LogP contribution < -0.4 is 25.7 Å². The van der Waals surface area contributed by atoms with Gasteiger partial charge in [-0.2, -0.15) is 4.98 Å². The van der Waals surface area contributed by atoms with Crippen LogP contribution in [-0.4, -0.2) is 76.3 Å². The van der Waals surface area contributed by atoms with Crippen LogP contribution in [0.15, 0.2) is 29.2 Å². The third-order valence-electron chi connectivity index (χ3n) is 7.60. The Morgan fingerprint density at radius 3 is 2.53 bits per heavy atom. The molecule has 1 aliphatic rings. The van der Waals surface area contributed by atoms with Gasteiger partial charge in [0.15, 0.2) is 18.2 Å². The van der Waals surface area contributed by atoms with Gasteiger partial charge in [0.1, 0.15) is 16.4 Å². The van der Waals surface area contributed by atoms with Crippen molar-refractivity contribution in [1.29, 1.82) is 0 Å². The summed E-state index contributed by atoms with van der Waals surface area (Å²) in [5, 5.41) is 6.13. The number of alkyl halides is 2. The zero-order valence-electron chi connectivity index (χ0n) is 27.0. The van der Waals surface area contributed by atoms with Crippen molar-refractivity contribution >= 4 is 57.6 Å². The molecule has 4 rings (SSSR count). The van der Waals surface area contributed by atoms with Crippen molar-refractivity contribution in [1.82, 2.24) is 24.8 Å². The monoisotopic (exact) mass is 698 g/mol. The van der Waals surface area contributed by atoms with Crippen molar-refractivity contribution in [3.63, 3.8) is 0 Å². The lowest BCUT2D eigenvalue weighted by Gasteiger charge is -2.42. The van der Waals surface area contributed by atoms with E-state index in [2.05, 4.69) is 20.6 Å². The molecule has 0 bridgehead atoms. The van der Waals surface area contributed by atoms with Crippen LogP contribution in [0, 0.1) is 11.8 Å². The maximum absolute atomic E-state index is 15.3. The van der Waals surface area contributed by atoms with E-state index in [0.29, 0.717) is 16.6 Å². The number of hydrogen-bond acceptors (Lipinski definition) is 9. The summed E-state index contributed by atoms with van der Waals surface area (Å²) >= 11 is 12.2. The molecule has 0 spiro atoms. The van der Waals surface area contributed by atoms with Crippen molar-refractivity contribution < 1.29 is 32.6 Å². The molecule has 1 fully saturated rings. The summed E-state index contributed by atoms with van der Waals surface area (Å²) < 4.78 is 48.9. The van der Waals surface area contributed by atoms with Crippen molar-refractivity contribution in [3.05, 3.63) is 45.1 Å². The molecular weight excluding hydrogens is 661 g/mol. The summed E-state index contributed by atoms with van der Waals surface area (Å²) in [6.45, 7) is 5.99. The molecule has 1 aromatic carbocycles. The van der Waals surface area contributed by atoms with Crippen LogP contribution in [0.4, 0.5) is 25.1 Å². The Morgan fingerprint density at radius 2 is 1.85 bits per heavy atom. The normalized spacial score (nSPS) is 17.7. The minimum absolute atomic E-state index is 0.0230. The first-order valence-corrected chi connectivity index (χ1v) is 15.7. The number of carbonyl (C=O) groups is 2. The lowest BCUT2D eigenvalue weighted by atomic mass is 9.83. The van der Waals surface area contributed by atoms with E-state index in [-0.39, 0.29) is 66.8 Å². The number of likely N-dealkylation sites (tertiary alicyclic amines) is 1. The largest absolute Gasteiger partial charge is 0.491 e. The molecule has 0 unspecified atom stereocenters. The molecule has 0 aliphatic carbocycles. The van der Waals surface area contributed by atoms with Gasteiger partial charge in [0.25, 0.3) is 17.4 Å². The molecule has 47 heavy (non-hydrogen) atoms. The van der Waals surface area contributed by atoms with Crippen LogP contribution in [0.25, 0.3) is 10.9 Å². The van der Waals surface area contributed by atoms with Crippen molar-refractivity contribution in [3.8, 4) is 11.5 Å². The number of halogens is 4. The van der Waals surface area contributed by atoms with E-state index >= 15 is 8.78 Å². The predicted octanol–water partition coefficient (Wildman–Crippen LogP) is 5.80. The molecule has 0 saturated carbocycles. The van der Waals surface area contributed by atoms with E-state index < -0.39 is 40.9 Å². The number of carbonyl (C=O) groups excluding carboxylic acids is 2. The molecule has 3 aromatic rings. The third kappa shape index (κ3) is 8.72. The van der Waals surface area contributed by atoms with Crippen molar-refractivity contribution in [2.45, 2.75) is 52.1 Å².